The normalized spacial score (nSPS) is 29.0. The van der Waals surface area contributed by atoms with E-state index in [1.54, 1.807) is 6.08 Å². The van der Waals surface area contributed by atoms with E-state index >= 15 is 0 Å². The van der Waals surface area contributed by atoms with Gasteiger partial charge >= 0.3 is 0 Å². The van der Waals surface area contributed by atoms with Crippen molar-refractivity contribution in [1.82, 2.24) is 4.98 Å². The van der Waals surface area contributed by atoms with E-state index in [1.807, 2.05) is 13.0 Å². The molecule has 3 rings (SSSR count). The van der Waals surface area contributed by atoms with Gasteiger partial charge in [-0.1, -0.05) is 18.6 Å². The van der Waals surface area contributed by atoms with Crippen molar-refractivity contribution in [2.75, 3.05) is 0 Å². The van der Waals surface area contributed by atoms with Crippen LogP contribution >= 0.6 is 0 Å². The molecular formula is C17H20N2O2. The van der Waals surface area contributed by atoms with E-state index in [0.29, 0.717) is 19.3 Å². The van der Waals surface area contributed by atoms with Crippen LogP contribution in [0.1, 0.15) is 37.9 Å². The zero-order valence-electron chi connectivity index (χ0n) is 12.4. The van der Waals surface area contributed by atoms with Gasteiger partial charge in [0.2, 0.25) is 5.56 Å². The maximum absolute atomic E-state index is 11.9. The molecule has 1 heterocycles. The van der Waals surface area contributed by atoms with Gasteiger partial charge in [-0.3, -0.25) is 9.59 Å². The van der Waals surface area contributed by atoms with Crippen LogP contribution in [0, 0.1) is 5.92 Å². The fourth-order valence-corrected chi connectivity index (χ4v) is 3.61. The van der Waals surface area contributed by atoms with Crippen LogP contribution in [0.5, 0.6) is 0 Å². The number of hydrogen-bond donors (Lipinski definition) is 2. The molecule has 0 saturated carbocycles. The third-order valence-electron chi connectivity index (χ3n) is 4.53. The predicted molar refractivity (Wildman–Crippen MR) is 81.9 cm³/mol. The minimum atomic E-state index is -0.674. The quantitative estimate of drug-likeness (QED) is 0.644. The molecule has 2 bridgehead atoms. The number of nitrogens with two attached hydrogens (primary N) is 1. The first kappa shape index (κ1) is 14.0. The molecule has 0 aliphatic heterocycles. The van der Waals surface area contributed by atoms with E-state index in [2.05, 4.69) is 18.0 Å². The summed E-state index contributed by atoms with van der Waals surface area (Å²) in [6.07, 6.45) is 5.76. The first-order valence-corrected chi connectivity index (χ1v) is 7.38. The van der Waals surface area contributed by atoms with E-state index in [1.165, 1.54) is 11.6 Å². The van der Waals surface area contributed by atoms with Gasteiger partial charge < -0.3 is 10.7 Å². The molecular weight excluding hydrogens is 264 g/mol. The fourth-order valence-electron chi connectivity index (χ4n) is 3.61. The molecule has 2 aliphatic carbocycles. The number of fused-ring (bicyclic) bond motifs is 4. The summed E-state index contributed by atoms with van der Waals surface area (Å²) in [5.74, 6) is 0.204. The van der Waals surface area contributed by atoms with Gasteiger partial charge in [0.15, 0.2) is 5.78 Å². The number of hydrogen-bond acceptors (Lipinski definition) is 3. The molecule has 1 aromatic heterocycles. The van der Waals surface area contributed by atoms with E-state index in [9.17, 15) is 9.59 Å². The van der Waals surface area contributed by atoms with Crippen molar-refractivity contribution in [1.29, 1.82) is 0 Å². The highest BCUT2D eigenvalue weighted by Gasteiger charge is 2.44. The molecule has 0 amide bonds. The number of carbonyl (C=O) groups excluding carboxylic acids is 1. The Bertz CT molecular complexity index is 727. The van der Waals surface area contributed by atoms with Gasteiger partial charge in [0.1, 0.15) is 0 Å². The van der Waals surface area contributed by atoms with E-state index in [-0.39, 0.29) is 17.3 Å². The Balaban J connectivity index is 2.22. The lowest BCUT2D eigenvalue weighted by Crippen LogP contribution is -2.48. The molecule has 0 aromatic carbocycles. The summed E-state index contributed by atoms with van der Waals surface area (Å²) in [5, 5.41) is 0. The lowest BCUT2D eigenvalue weighted by Gasteiger charge is -2.45. The zero-order valence-corrected chi connectivity index (χ0v) is 12.4. The van der Waals surface area contributed by atoms with Gasteiger partial charge in [0, 0.05) is 24.1 Å². The van der Waals surface area contributed by atoms with Crippen molar-refractivity contribution in [2.24, 2.45) is 11.7 Å². The van der Waals surface area contributed by atoms with Crippen molar-refractivity contribution in [3.8, 4) is 0 Å². The zero-order chi connectivity index (χ0) is 15.2. The molecule has 0 radical (unpaired) electrons. The Kier molecular flexibility index (Phi) is 3.21. The molecule has 1 aromatic rings. The first-order valence-electron chi connectivity index (χ1n) is 7.38. The van der Waals surface area contributed by atoms with Gasteiger partial charge in [-0.2, -0.15) is 0 Å². The number of allylic oxidation sites excluding steroid dienone is 2. The predicted octanol–water partition coefficient (Wildman–Crippen LogP) is 1.96. The molecule has 4 nitrogen and oxygen atoms in total. The number of ketones is 1. The fraction of sp³-hybridized carbons (Fsp3) is 0.412. The van der Waals surface area contributed by atoms with E-state index < -0.39 is 5.54 Å². The van der Waals surface area contributed by atoms with Crippen LogP contribution < -0.4 is 11.3 Å². The van der Waals surface area contributed by atoms with Gasteiger partial charge in [0.05, 0.1) is 5.54 Å². The van der Waals surface area contributed by atoms with Crippen LogP contribution in [0.25, 0.3) is 0 Å². The number of H-pyrrole nitrogens is 1. The largest absolute Gasteiger partial charge is 0.326 e. The number of carbonyl (C=O) groups is 1. The number of aromatic amines is 1. The topological polar surface area (TPSA) is 76.0 Å². The molecule has 0 fully saturated rings. The summed E-state index contributed by atoms with van der Waals surface area (Å²) in [5.41, 5.74) is 10.0. The summed E-state index contributed by atoms with van der Waals surface area (Å²) < 4.78 is 0. The maximum atomic E-state index is 11.9. The summed E-state index contributed by atoms with van der Waals surface area (Å²) in [4.78, 5) is 26.4. The highest BCUT2D eigenvalue weighted by atomic mass is 16.1. The third-order valence-corrected chi connectivity index (χ3v) is 4.53. The van der Waals surface area contributed by atoms with Crippen molar-refractivity contribution in [3.63, 3.8) is 0 Å². The minimum absolute atomic E-state index is 0.102. The molecule has 110 valence electrons. The highest BCUT2D eigenvalue weighted by Crippen LogP contribution is 2.47. The van der Waals surface area contributed by atoms with Crippen molar-refractivity contribution in [3.05, 3.63) is 57.0 Å². The van der Waals surface area contributed by atoms with Crippen LogP contribution in [-0.4, -0.2) is 10.8 Å². The standard InChI is InChI=1S/C17H20N2O2/c1-3-12(20)8-14-11-6-10(2)9-17(14,18)13-4-5-16(21)19-15(13)7-11/h4-6,8,11H,3,7,9,18H2,1-2H3,(H,19,21). The average molecular weight is 284 g/mol. The molecule has 4 heteroatoms. The molecule has 21 heavy (non-hydrogen) atoms. The number of rotatable bonds is 2. The van der Waals surface area contributed by atoms with Gasteiger partial charge in [0.25, 0.3) is 0 Å². The van der Waals surface area contributed by atoms with Gasteiger partial charge in [-0.15, -0.1) is 0 Å². The number of pyridine rings is 1. The number of aromatic nitrogens is 1. The Morgan fingerprint density at radius 3 is 3.00 bits per heavy atom. The molecule has 2 aliphatic rings. The van der Waals surface area contributed by atoms with E-state index in [4.69, 9.17) is 5.73 Å². The summed E-state index contributed by atoms with van der Waals surface area (Å²) in [6, 6.07) is 3.33. The molecule has 3 N–H and O–H groups in total. The second-order valence-corrected chi connectivity index (χ2v) is 6.11. The van der Waals surface area contributed by atoms with Crippen LogP contribution in [0.15, 0.2) is 40.2 Å². The van der Waals surface area contributed by atoms with Gasteiger partial charge in [-0.25, -0.2) is 0 Å². The van der Waals surface area contributed by atoms with Crippen LogP contribution in [0.4, 0.5) is 0 Å². The van der Waals surface area contributed by atoms with Gasteiger partial charge in [-0.05, 0) is 43.0 Å². The van der Waals surface area contributed by atoms with Crippen LogP contribution in [0.3, 0.4) is 0 Å². The van der Waals surface area contributed by atoms with Crippen LogP contribution in [0.2, 0.25) is 0 Å². The molecule has 2 unspecified atom stereocenters. The molecule has 0 spiro atoms. The third kappa shape index (κ3) is 2.20. The smallest absolute Gasteiger partial charge is 0.248 e. The first-order chi connectivity index (χ1) is 9.94. The van der Waals surface area contributed by atoms with E-state index in [0.717, 1.165) is 16.8 Å². The minimum Gasteiger partial charge on any atom is -0.326 e. The second-order valence-electron chi connectivity index (χ2n) is 6.11. The Morgan fingerprint density at radius 1 is 1.52 bits per heavy atom. The highest BCUT2D eigenvalue weighted by molar-refractivity contribution is 5.90. The SMILES string of the molecule is CCC(=O)C=C1C2C=C(C)CC1(N)c1ccc(=O)[nH]c1C2. The average Bonchev–Trinajstić information content (AvgIpc) is 2.40. The summed E-state index contributed by atoms with van der Waals surface area (Å²) in [6.45, 7) is 3.93. The van der Waals surface area contributed by atoms with Crippen molar-refractivity contribution >= 4 is 5.78 Å². The Labute approximate surface area is 123 Å². The Morgan fingerprint density at radius 2 is 2.29 bits per heavy atom. The Hall–Kier alpha value is -1.94. The lowest BCUT2D eigenvalue weighted by molar-refractivity contribution is -0.114. The lowest BCUT2D eigenvalue weighted by atomic mass is 9.63. The maximum Gasteiger partial charge on any atom is 0.248 e. The monoisotopic (exact) mass is 284 g/mol. The second kappa shape index (κ2) is 4.81. The van der Waals surface area contributed by atoms with Crippen molar-refractivity contribution in [2.45, 2.75) is 38.6 Å². The number of nitrogens with one attached hydrogen (secondary N) is 1. The van der Waals surface area contributed by atoms with Crippen LogP contribution in [-0.2, 0) is 16.8 Å². The summed E-state index contributed by atoms with van der Waals surface area (Å²) in [7, 11) is 0. The molecule has 0 saturated heterocycles. The van der Waals surface area contributed by atoms with Crippen molar-refractivity contribution < 1.29 is 4.79 Å². The summed E-state index contributed by atoms with van der Waals surface area (Å²) >= 11 is 0. The molecule has 2 atom stereocenters.